The van der Waals surface area contributed by atoms with Crippen LogP contribution in [0.1, 0.15) is 10.4 Å². The first-order chi connectivity index (χ1) is 13.1. The van der Waals surface area contributed by atoms with Crippen LogP contribution in [0.4, 0.5) is 5.13 Å². The maximum atomic E-state index is 12.8. The average molecular weight is 396 g/mol. The zero-order valence-electron chi connectivity index (χ0n) is 14.3. The Bertz CT molecular complexity index is 1110. The molecule has 6 nitrogen and oxygen atoms in total. The molecule has 0 saturated carbocycles. The molecule has 27 heavy (non-hydrogen) atoms. The lowest BCUT2D eigenvalue weighted by molar-refractivity contribution is 0.102. The van der Waals surface area contributed by atoms with Crippen LogP contribution in [0.15, 0.2) is 60.4 Å². The molecule has 0 unspecified atom stereocenters. The molecule has 0 aliphatic carbocycles. The largest absolute Gasteiger partial charge is 0.298 e. The quantitative estimate of drug-likeness (QED) is 0.551. The zero-order valence-corrected chi connectivity index (χ0v) is 15.8. The number of nitrogens with one attached hydrogen (secondary N) is 1. The summed E-state index contributed by atoms with van der Waals surface area (Å²) in [4.78, 5) is 21.4. The molecule has 0 bridgehead atoms. The minimum absolute atomic E-state index is 0.287. The lowest BCUT2D eigenvalue weighted by Gasteiger charge is -2.04. The van der Waals surface area contributed by atoms with Gasteiger partial charge < -0.3 is 0 Å². The third-order valence-electron chi connectivity index (χ3n) is 3.88. The van der Waals surface area contributed by atoms with E-state index in [4.69, 9.17) is 11.6 Å². The Balaban J connectivity index is 1.62. The molecule has 0 aliphatic heterocycles. The van der Waals surface area contributed by atoms with Crippen molar-refractivity contribution in [2.75, 3.05) is 5.32 Å². The number of carbonyl (C=O) groups is 1. The molecule has 3 heterocycles. The molecule has 134 valence electrons. The van der Waals surface area contributed by atoms with Gasteiger partial charge in [0.25, 0.3) is 5.91 Å². The molecule has 4 rings (SSSR count). The SMILES string of the molecule is Cn1cc(C(=O)Nc2nc(-c3cccnc3)cs2)c(-c2ccccc2Cl)n1. The molecule has 0 saturated heterocycles. The van der Waals surface area contributed by atoms with E-state index < -0.39 is 0 Å². The van der Waals surface area contributed by atoms with Gasteiger partial charge in [0.2, 0.25) is 0 Å². The summed E-state index contributed by atoms with van der Waals surface area (Å²) in [6.07, 6.45) is 5.11. The molecule has 3 aromatic heterocycles. The normalized spacial score (nSPS) is 10.7. The maximum Gasteiger partial charge on any atom is 0.261 e. The van der Waals surface area contributed by atoms with E-state index in [0.717, 1.165) is 11.3 Å². The van der Waals surface area contributed by atoms with E-state index in [-0.39, 0.29) is 5.91 Å². The number of amides is 1. The number of nitrogens with zero attached hydrogens (tertiary/aromatic N) is 4. The number of aromatic nitrogens is 4. The third-order valence-corrected chi connectivity index (χ3v) is 4.97. The fourth-order valence-electron chi connectivity index (χ4n) is 2.65. The average Bonchev–Trinajstić information content (AvgIpc) is 3.29. The zero-order chi connectivity index (χ0) is 18.8. The van der Waals surface area contributed by atoms with Crippen LogP contribution in [-0.2, 0) is 7.05 Å². The van der Waals surface area contributed by atoms with Crippen molar-refractivity contribution in [2.45, 2.75) is 0 Å². The second-order valence-corrected chi connectivity index (χ2v) is 7.04. The number of benzene rings is 1. The fourth-order valence-corrected chi connectivity index (χ4v) is 3.59. The van der Waals surface area contributed by atoms with E-state index in [1.54, 1.807) is 36.4 Å². The number of carbonyl (C=O) groups excluding carboxylic acids is 1. The summed E-state index contributed by atoms with van der Waals surface area (Å²) in [7, 11) is 1.76. The first-order valence-electron chi connectivity index (χ1n) is 8.07. The van der Waals surface area contributed by atoms with Crippen molar-refractivity contribution >= 4 is 34.0 Å². The van der Waals surface area contributed by atoms with Gasteiger partial charge in [-0.3, -0.25) is 19.8 Å². The minimum atomic E-state index is -0.287. The Morgan fingerprint density at radius 3 is 2.85 bits per heavy atom. The molecule has 8 heteroatoms. The number of thiazole rings is 1. The summed E-state index contributed by atoms with van der Waals surface area (Å²) in [5.74, 6) is -0.287. The number of halogens is 1. The molecule has 4 aromatic rings. The van der Waals surface area contributed by atoms with Crippen molar-refractivity contribution in [3.8, 4) is 22.5 Å². The molecule has 0 atom stereocenters. The molecule has 1 N–H and O–H groups in total. The van der Waals surface area contributed by atoms with Crippen molar-refractivity contribution in [3.63, 3.8) is 0 Å². The van der Waals surface area contributed by atoms with E-state index in [1.165, 1.54) is 11.3 Å². The fraction of sp³-hybridized carbons (Fsp3) is 0.0526. The van der Waals surface area contributed by atoms with Gasteiger partial charge in [-0.25, -0.2) is 4.98 Å². The Morgan fingerprint density at radius 2 is 2.07 bits per heavy atom. The first kappa shape index (κ1) is 17.4. The summed E-state index contributed by atoms with van der Waals surface area (Å²) in [6, 6.07) is 11.1. The Morgan fingerprint density at radius 1 is 1.22 bits per heavy atom. The molecule has 0 fully saturated rings. The summed E-state index contributed by atoms with van der Waals surface area (Å²) < 4.78 is 1.59. The van der Waals surface area contributed by atoms with Crippen LogP contribution in [0.3, 0.4) is 0 Å². The molecule has 0 spiro atoms. The molecule has 1 amide bonds. The summed E-state index contributed by atoms with van der Waals surface area (Å²) in [5.41, 5.74) is 3.33. The van der Waals surface area contributed by atoms with Crippen LogP contribution in [0.2, 0.25) is 5.02 Å². The topological polar surface area (TPSA) is 72.7 Å². The van der Waals surface area contributed by atoms with Crippen LogP contribution in [0.5, 0.6) is 0 Å². The van der Waals surface area contributed by atoms with Gasteiger partial charge in [-0.2, -0.15) is 5.10 Å². The van der Waals surface area contributed by atoms with Gasteiger partial charge >= 0.3 is 0 Å². The first-order valence-corrected chi connectivity index (χ1v) is 9.33. The second-order valence-electron chi connectivity index (χ2n) is 5.78. The summed E-state index contributed by atoms with van der Waals surface area (Å²) in [6.45, 7) is 0. The Kier molecular flexibility index (Phi) is 4.70. The van der Waals surface area contributed by atoms with Crippen LogP contribution in [0.25, 0.3) is 22.5 Å². The highest BCUT2D eigenvalue weighted by atomic mass is 35.5. The number of rotatable bonds is 4. The van der Waals surface area contributed by atoms with Crippen molar-refractivity contribution < 1.29 is 4.79 Å². The molecule has 1 aromatic carbocycles. The van der Waals surface area contributed by atoms with Crippen molar-refractivity contribution in [3.05, 3.63) is 71.0 Å². The van der Waals surface area contributed by atoms with Crippen LogP contribution in [-0.4, -0.2) is 25.7 Å². The highest BCUT2D eigenvalue weighted by Crippen LogP contribution is 2.30. The van der Waals surface area contributed by atoms with E-state index in [1.807, 2.05) is 35.7 Å². The van der Waals surface area contributed by atoms with Gasteiger partial charge in [0, 0.05) is 42.1 Å². The number of hydrogen-bond donors (Lipinski definition) is 1. The minimum Gasteiger partial charge on any atom is -0.298 e. The van der Waals surface area contributed by atoms with E-state index >= 15 is 0 Å². The van der Waals surface area contributed by atoms with Gasteiger partial charge in [0.1, 0.15) is 5.69 Å². The van der Waals surface area contributed by atoms with Gasteiger partial charge in [0.15, 0.2) is 5.13 Å². The Hall–Kier alpha value is -3.03. The monoisotopic (exact) mass is 395 g/mol. The molecular weight excluding hydrogens is 382 g/mol. The van der Waals surface area contributed by atoms with Gasteiger partial charge in [-0.15, -0.1) is 11.3 Å². The number of hydrogen-bond acceptors (Lipinski definition) is 5. The van der Waals surface area contributed by atoms with Gasteiger partial charge in [0.05, 0.1) is 16.3 Å². The molecule has 0 radical (unpaired) electrons. The smallest absolute Gasteiger partial charge is 0.261 e. The lowest BCUT2D eigenvalue weighted by atomic mass is 10.1. The second kappa shape index (κ2) is 7.30. The van der Waals surface area contributed by atoms with Crippen molar-refractivity contribution in [2.24, 2.45) is 7.05 Å². The van der Waals surface area contributed by atoms with E-state index in [0.29, 0.717) is 27.0 Å². The summed E-state index contributed by atoms with van der Waals surface area (Å²) in [5, 5.41) is 10.2. The summed E-state index contributed by atoms with van der Waals surface area (Å²) >= 11 is 7.63. The molecule has 0 aliphatic rings. The predicted octanol–water partition coefficient (Wildman–Crippen LogP) is 4.51. The predicted molar refractivity (Wildman–Crippen MR) is 107 cm³/mol. The van der Waals surface area contributed by atoms with Crippen LogP contribution >= 0.6 is 22.9 Å². The van der Waals surface area contributed by atoms with Gasteiger partial charge in [-0.05, 0) is 18.2 Å². The number of pyridine rings is 1. The van der Waals surface area contributed by atoms with E-state index in [9.17, 15) is 4.79 Å². The standard InChI is InChI=1S/C19H14ClN5OS/c1-25-10-14(17(24-25)13-6-2-3-7-15(13)20)18(26)23-19-22-16(11-27-19)12-5-4-8-21-9-12/h2-11H,1H3,(H,22,23,26). The highest BCUT2D eigenvalue weighted by Gasteiger charge is 2.20. The third kappa shape index (κ3) is 3.60. The lowest BCUT2D eigenvalue weighted by Crippen LogP contribution is -2.12. The Labute approximate surface area is 164 Å². The highest BCUT2D eigenvalue weighted by molar-refractivity contribution is 7.14. The van der Waals surface area contributed by atoms with Crippen molar-refractivity contribution in [1.29, 1.82) is 0 Å². The number of anilines is 1. The van der Waals surface area contributed by atoms with Crippen LogP contribution in [0, 0.1) is 0 Å². The maximum absolute atomic E-state index is 12.8. The molecular formula is C19H14ClN5OS. The van der Waals surface area contributed by atoms with Crippen LogP contribution < -0.4 is 5.32 Å². The van der Waals surface area contributed by atoms with Gasteiger partial charge in [-0.1, -0.05) is 29.8 Å². The number of aryl methyl sites for hydroxylation is 1. The van der Waals surface area contributed by atoms with E-state index in [2.05, 4.69) is 20.4 Å². The van der Waals surface area contributed by atoms with Crippen molar-refractivity contribution in [1.82, 2.24) is 19.7 Å².